The van der Waals surface area contributed by atoms with Crippen LogP contribution in [0.25, 0.3) is 0 Å². The van der Waals surface area contributed by atoms with Crippen LogP contribution in [-0.4, -0.2) is 18.1 Å². The fraction of sp³-hybridized carbons (Fsp3) is 0.308. The van der Waals surface area contributed by atoms with Crippen LogP contribution in [0.2, 0.25) is 0 Å². The Kier molecular flexibility index (Phi) is 6.53. The predicted molar refractivity (Wildman–Crippen MR) is 121 cm³/mol. The number of methoxy groups -OCH3 is 1. The largest absolute Gasteiger partial charge is 0.465 e. The summed E-state index contributed by atoms with van der Waals surface area (Å²) in [5.74, 6) is 0.242. The van der Waals surface area contributed by atoms with Crippen LogP contribution in [0.3, 0.4) is 0 Å². The van der Waals surface area contributed by atoms with Crippen molar-refractivity contribution in [3.8, 4) is 0 Å². The third-order valence-electron chi connectivity index (χ3n) is 5.95. The van der Waals surface area contributed by atoms with E-state index in [0.29, 0.717) is 11.5 Å². The van der Waals surface area contributed by atoms with E-state index in [-0.39, 0.29) is 5.97 Å². The minimum Gasteiger partial charge on any atom is -0.465 e. The fourth-order valence-electron chi connectivity index (χ4n) is 4.32. The van der Waals surface area contributed by atoms with E-state index in [1.807, 2.05) is 11.8 Å². The SMILES string of the molecule is COC(=O)c1ccncc1CC[C@H]1CCCc2cc(Sc3ccccc3C)ccc21. The van der Waals surface area contributed by atoms with Crippen molar-refractivity contribution in [3.05, 3.63) is 88.7 Å². The van der Waals surface area contributed by atoms with Gasteiger partial charge >= 0.3 is 5.97 Å². The van der Waals surface area contributed by atoms with Crippen LogP contribution in [-0.2, 0) is 17.6 Å². The molecular formula is C26H27NO2S. The van der Waals surface area contributed by atoms with E-state index in [2.05, 4.69) is 54.4 Å². The Morgan fingerprint density at radius 1 is 1.20 bits per heavy atom. The molecule has 1 heterocycles. The summed E-state index contributed by atoms with van der Waals surface area (Å²) in [6.45, 7) is 2.16. The summed E-state index contributed by atoms with van der Waals surface area (Å²) in [6, 6.07) is 17.3. The Labute approximate surface area is 182 Å². The van der Waals surface area contributed by atoms with Crippen molar-refractivity contribution in [2.45, 2.75) is 54.7 Å². The van der Waals surface area contributed by atoms with Gasteiger partial charge in [0.05, 0.1) is 12.7 Å². The maximum atomic E-state index is 12.0. The third-order valence-corrected chi connectivity index (χ3v) is 7.11. The summed E-state index contributed by atoms with van der Waals surface area (Å²) >= 11 is 1.85. The van der Waals surface area contributed by atoms with Crippen molar-refractivity contribution in [2.24, 2.45) is 0 Å². The third kappa shape index (κ3) is 4.59. The molecule has 0 bridgehead atoms. The number of pyridine rings is 1. The first-order valence-corrected chi connectivity index (χ1v) is 11.3. The van der Waals surface area contributed by atoms with Gasteiger partial charge in [0, 0.05) is 22.2 Å². The molecule has 0 amide bonds. The van der Waals surface area contributed by atoms with Crippen LogP contribution < -0.4 is 0 Å². The number of hydrogen-bond donors (Lipinski definition) is 0. The van der Waals surface area contributed by atoms with E-state index in [4.69, 9.17) is 4.74 Å². The summed E-state index contributed by atoms with van der Waals surface area (Å²) in [6.07, 6.45) is 8.87. The molecule has 0 aliphatic heterocycles. The molecule has 3 aromatic rings. The average molecular weight is 418 g/mol. The lowest BCUT2D eigenvalue weighted by Gasteiger charge is -2.26. The molecule has 0 fully saturated rings. The maximum absolute atomic E-state index is 12.0. The van der Waals surface area contributed by atoms with Gasteiger partial charge in [-0.1, -0.05) is 36.0 Å². The van der Waals surface area contributed by atoms with E-state index in [1.165, 1.54) is 46.4 Å². The van der Waals surface area contributed by atoms with Gasteiger partial charge in [-0.05, 0) is 91.5 Å². The smallest absolute Gasteiger partial charge is 0.338 e. The first-order valence-electron chi connectivity index (χ1n) is 10.5. The number of ether oxygens (including phenoxy) is 1. The number of benzene rings is 2. The number of rotatable bonds is 6. The van der Waals surface area contributed by atoms with E-state index in [0.717, 1.165) is 24.8 Å². The summed E-state index contributed by atoms with van der Waals surface area (Å²) in [5, 5.41) is 0. The Hall–Kier alpha value is -2.59. The standard InChI is InChI=1S/C26H27NO2S/c1-18-6-3-4-9-25(18)30-22-12-13-23-19(7-5-8-20(23)16-22)10-11-21-17-27-15-14-24(21)26(28)29-2/h3-4,6,9,12-17,19H,5,7-8,10-11H2,1-2H3/t19-/m1/s1. The van der Waals surface area contributed by atoms with Crippen molar-refractivity contribution in [1.29, 1.82) is 0 Å². The zero-order valence-electron chi connectivity index (χ0n) is 17.6. The minimum atomic E-state index is -0.283. The van der Waals surface area contributed by atoms with Crippen LogP contribution in [0.4, 0.5) is 0 Å². The van der Waals surface area contributed by atoms with Crippen molar-refractivity contribution in [2.75, 3.05) is 7.11 Å². The molecule has 1 aliphatic rings. The first kappa shape index (κ1) is 20.7. The molecule has 0 radical (unpaired) electrons. The molecule has 0 saturated carbocycles. The maximum Gasteiger partial charge on any atom is 0.338 e. The highest BCUT2D eigenvalue weighted by Gasteiger charge is 2.22. The lowest BCUT2D eigenvalue weighted by Crippen LogP contribution is -2.12. The van der Waals surface area contributed by atoms with Crippen molar-refractivity contribution >= 4 is 17.7 Å². The molecular weight excluding hydrogens is 390 g/mol. The number of nitrogens with zero attached hydrogens (tertiary/aromatic N) is 1. The van der Waals surface area contributed by atoms with Gasteiger partial charge in [0.1, 0.15) is 0 Å². The van der Waals surface area contributed by atoms with E-state index < -0.39 is 0 Å². The van der Waals surface area contributed by atoms with Gasteiger partial charge in [0.25, 0.3) is 0 Å². The Bertz CT molecular complexity index is 1050. The molecule has 0 spiro atoms. The Morgan fingerprint density at radius 2 is 2.07 bits per heavy atom. The van der Waals surface area contributed by atoms with Gasteiger partial charge in [-0.2, -0.15) is 0 Å². The highest BCUT2D eigenvalue weighted by molar-refractivity contribution is 7.99. The highest BCUT2D eigenvalue weighted by atomic mass is 32.2. The first-order chi connectivity index (χ1) is 14.7. The topological polar surface area (TPSA) is 39.2 Å². The number of carbonyl (C=O) groups is 1. The molecule has 4 heteroatoms. The fourth-order valence-corrected chi connectivity index (χ4v) is 5.28. The molecule has 0 unspecified atom stereocenters. The predicted octanol–water partition coefficient (Wildman–Crippen LogP) is 6.38. The molecule has 154 valence electrons. The quantitative estimate of drug-likeness (QED) is 0.436. The molecule has 0 N–H and O–H groups in total. The number of aromatic nitrogens is 1. The van der Waals surface area contributed by atoms with Crippen molar-refractivity contribution in [1.82, 2.24) is 4.98 Å². The van der Waals surface area contributed by atoms with Gasteiger partial charge in [-0.15, -0.1) is 0 Å². The van der Waals surface area contributed by atoms with Crippen molar-refractivity contribution in [3.63, 3.8) is 0 Å². The molecule has 30 heavy (non-hydrogen) atoms. The van der Waals surface area contributed by atoms with Gasteiger partial charge < -0.3 is 4.74 Å². The molecule has 3 nitrogen and oxygen atoms in total. The van der Waals surface area contributed by atoms with Gasteiger partial charge in [-0.3, -0.25) is 4.98 Å². The number of carbonyl (C=O) groups excluding carboxylic acids is 1. The minimum absolute atomic E-state index is 0.283. The Balaban J connectivity index is 1.50. The van der Waals surface area contributed by atoms with Crippen LogP contribution in [0.15, 0.2) is 70.7 Å². The number of aryl methyl sites for hydroxylation is 3. The van der Waals surface area contributed by atoms with Crippen LogP contribution in [0.5, 0.6) is 0 Å². The van der Waals surface area contributed by atoms with Crippen LogP contribution in [0.1, 0.15) is 57.8 Å². The second kappa shape index (κ2) is 9.48. The monoisotopic (exact) mass is 417 g/mol. The van der Waals surface area contributed by atoms with E-state index in [9.17, 15) is 4.79 Å². The number of fused-ring (bicyclic) bond motifs is 1. The van der Waals surface area contributed by atoms with Gasteiger partial charge in [0.2, 0.25) is 0 Å². The zero-order chi connectivity index (χ0) is 20.9. The number of hydrogen-bond acceptors (Lipinski definition) is 4. The Morgan fingerprint density at radius 3 is 2.90 bits per heavy atom. The summed E-state index contributed by atoms with van der Waals surface area (Å²) in [5.41, 5.74) is 5.87. The van der Waals surface area contributed by atoms with Crippen LogP contribution >= 0.6 is 11.8 Å². The lowest BCUT2D eigenvalue weighted by molar-refractivity contribution is 0.0599. The van der Waals surface area contributed by atoms with Gasteiger partial charge in [-0.25, -0.2) is 4.79 Å². The number of esters is 1. The molecule has 1 aliphatic carbocycles. The average Bonchev–Trinajstić information content (AvgIpc) is 2.78. The van der Waals surface area contributed by atoms with E-state index in [1.54, 1.807) is 18.5 Å². The second-order valence-corrected chi connectivity index (χ2v) is 9.00. The molecule has 1 atom stereocenters. The molecule has 1 aromatic heterocycles. The lowest BCUT2D eigenvalue weighted by atomic mass is 9.80. The van der Waals surface area contributed by atoms with Crippen molar-refractivity contribution < 1.29 is 9.53 Å². The summed E-state index contributed by atoms with van der Waals surface area (Å²) < 4.78 is 4.93. The normalized spacial score (nSPS) is 15.5. The second-order valence-electron chi connectivity index (χ2n) is 7.88. The summed E-state index contributed by atoms with van der Waals surface area (Å²) in [4.78, 5) is 18.9. The zero-order valence-corrected chi connectivity index (χ0v) is 18.4. The summed E-state index contributed by atoms with van der Waals surface area (Å²) in [7, 11) is 1.43. The molecule has 0 saturated heterocycles. The highest BCUT2D eigenvalue weighted by Crippen LogP contribution is 2.38. The molecule has 2 aromatic carbocycles. The van der Waals surface area contributed by atoms with Crippen LogP contribution in [0, 0.1) is 6.92 Å². The van der Waals surface area contributed by atoms with E-state index >= 15 is 0 Å². The van der Waals surface area contributed by atoms with Gasteiger partial charge in [0.15, 0.2) is 0 Å². The molecule has 4 rings (SSSR count).